The van der Waals surface area contributed by atoms with Crippen LogP contribution in [0.1, 0.15) is 23.7 Å². The van der Waals surface area contributed by atoms with Crippen LogP contribution in [0.25, 0.3) is 10.9 Å². The lowest BCUT2D eigenvalue weighted by Gasteiger charge is -2.07. The first-order valence-corrected chi connectivity index (χ1v) is 6.50. The average Bonchev–Trinajstić information content (AvgIpc) is 2.63. The van der Waals surface area contributed by atoms with Gasteiger partial charge in [0.1, 0.15) is 6.04 Å². The van der Waals surface area contributed by atoms with Crippen molar-refractivity contribution in [2.24, 2.45) is 12.8 Å². The topological polar surface area (TPSA) is 68.2 Å². The molecule has 1 aromatic heterocycles. The van der Waals surface area contributed by atoms with Gasteiger partial charge in [0.05, 0.1) is 0 Å². The lowest BCUT2D eigenvalue weighted by atomic mass is 10.0. The SMILES string of the molecule is CCc1ccc2c(c1)c(CC(N)C(=O)O)c(C)n2C. The summed E-state index contributed by atoms with van der Waals surface area (Å²) in [6.45, 7) is 4.12. The van der Waals surface area contributed by atoms with Gasteiger partial charge in [-0.15, -0.1) is 0 Å². The van der Waals surface area contributed by atoms with Crippen molar-refractivity contribution in [1.29, 1.82) is 0 Å². The Morgan fingerprint density at radius 3 is 2.74 bits per heavy atom. The van der Waals surface area contributed by atoms with Crippen molar-refractivity contribution < 1.29 is 9.90 Å². The Labute approximate surface area is 112 Å². The summed E-state index contributed by atoms with van der Waals surface area (Å²) in [5.41, 5.74) is 10.2. The molecule has 2 aromatic rings. The van der Waals surface area contributed by atoms with E-state index in [9.17, 15) is 4.79 Å². The van der Waals surface area contributed by atoms with Crippen molar-refractivity contribution >= 4 is 16.9 Å². The third-order valence-corrected chi connectivity index (χ3v) is 3.84. The molecular formula is C15H20N2O2. The first-order chi connectivity index (χ1) is 8.95. The summed E-state index contributed by atoms with van der Waals surface area (Å²) in [5.74, 6) is -0.956. The molecule has 0 saturated heterocycles. The Morgan fingerprint density at radius 1 is 1.47 bits per heavy atom. The number of carboxylic acid groups (broad SMARTS) is 1. The Morgan fingerprint density at radius 2 is 2.16 bits per heavy atom. The molecule has 1 heterocycles. The van der Waals surface area contributed by atoms with Gasteiger partial charge in [0, 0.05) is 30.1 Å². The van der Waals surface area contributed by atoms with E-state index in [2.05, 4.69) is 29.7 Å². The minimum absolute atomic E-state index is 0.367. The summed E-state index contributed by atoms with van der Waals surface area (Å²) < 4.78 is 2.10. The highest BCUT2D eigenvalue weighted by Gasteiger charge is 2.18. The van der Waals surface area contributed by atoms with Crippen LogP contribution in [0.15, 0.2) is 18.2 Å². The summed E-state index contributed by atoms with van der Waals surface area (Å²) in [7, 11) is 2.00. The number of hydrogen-bond acceptors (Lipinski definition) is 2. The van der Waals surface area contributed by atoms with E-state index in [0.29, 0.717) is 6.42 Å². The van der Waals surface area contributed by atoms with Gasteiger partial charge in [-0.05, 0) is 36.6 Å². The van der Waals surface area contributed by atoms with E-state index in [1.165, 1.54) is 5.56 Å². The maximum atomic E-state index is 10.9. The molecule has 0 fully saturated rings. The van der Waals surface area contributed by atoms with Crippen LogP contribution >= 0.6 is 0 Å². The summed E-state index contributed by atoms with van der Waals surface area (Å²) in [4.78, 5) is 10.9. The number of aryl methyl sites for hydroxylation is 2. The van der Waals surface area contributed by atoms with Crippen LogP contribution in [0.2, 0.25) is 0 Å². The molecule has 0 aliphatic carbocycles. The molecule has 2 rings (SSSR count). The standard InChI is InChI=1S/C15H20N2O2/c1-4-10-5-6-14-12(7-10)11(9(2)17(14)3)8-13(16)15(18)19/h5-7,13H,4,8,16H2,1-3H3,(H,18,19). The van der Waals surface area contributed by atoms with Gasteiger partial charge in [-0.3, -0.25) is 4.79 Å². The van der Waals surface area contributed by atoms with E-state index in [1.807, 2.05) is 14.0 Å². The number of rotatable bonds is 4. The van der Waals surface area contributed by atoms with Crippen LogP contribution in [-0.4, -0.2) is 21.7 Å². The van der Waals surface area contributed by atoms with E-state index in [1.54, 1.807) is 0 Å². The zero-order chi connectivity index (χ0) is 14.2. The summed E-state index contributed by atoms with van der Waals surface area (Å²) in [6, 6.07) is 5.50. The van der Waals surface area contributed by atoms with E-state index < -0.39 is 12.0 Å². The predicted octanol–water partition coefficient (Wildman–Crippen LogP) is 2.00. The number of aromatic nitrogens is 1. The van der Waals surface area contributed by atoms with Gasteiger partial charge in [-0.1, -0.05) is 13.0 Å². The fourth-order valence-electron chi connectivity index (χ4n) is 2.48. The highest BCUT2D eigenvalue weighted by molar-refractivity contribution is 5.87. The highest BCUT2D eigenvalue weighted by atomic mass is 16.4. The first kappa shape index (κ1) is 13.6. The molecule has 102 valence electrons. The molecule has 4 nitrogen and oxygen atoms in total. The molecule has 0 aliphatic heterocycles. The smallest absolute Gasteiger partial charge is 0.320 e. The minimum Gasteiger partial charge on any atom is -0.480 e. The summed E-state index contributed by atoms with van der Waals surface area (Å²) in [6.07, 6.45) is 1.33. The van der Waals surface area contributed by atoms with Crippen LogP contribution in [0.3, 0.4) is 0 Å². The zero-order valence-electron chi connectivity index (χ0n) is 11.6. The van der Waals surface area contributed by atoms with E-state index in [0.717, 1.165) is 28.6 Å². The van der Waals surface area contributed by atoms with Crippen molar-refractivity contribution in [3.8, 4) is 0 Å². The average molecular weight is 260 g/mol. The quantitative estimate of drug-likeness (QED) is 0.883. The van der Waals surface area contributed by atoms with Crippen LogP contribution in [0.5, 0.6) is 0 Å². The van der Waals surface area contributed by atoms with Gasteiger partial charge >= 0.3 is 5.97 Å². The second-order valence-electron chi connectivity index (χ2n) is 4.98. The lowest BCUT2D eigenvalue weighted by Crippen LogP contribution is -2.32. The monoisotopic (exact) mass is 260 g/mol. The number of hydrogen-bond donors (Lipinski definition) is 2. The summed E-state index contributed by atoms with van der Waals surface area (Å²) >= 11 is 0. The number of benzene rings is 1. The molecule has 19 heavy (non-hydrogen) atoms. The largest absolute Gasteiger partial charge is 0.480 e. The Balaban J connectivity index is 2.58. The Bertz CT molecular complexity index is 629. The molecule has 1 atom stereocenters. The molecule has 3 N–H and O–H groups in total. The normalized spacial score (nSPS) is 12.8. The van der Waals surface area contributed by atoms with Gasteiger partial charge < -0.3 is 15.4 Å². The van der Waals surface area contributed by atoms with Crippen LogP contribution in [-0.2, 0) is 24.7 Å². The van der Waals surface area contributed by atoms with E-state index >= 15 is 0 Å². The maximum Gasteiger partial charge on any atom is 0.320 e. The minimum atomic E-state index is -0.956. The molecule has 0 saturated carbocycles. The number of aliphatic carboxylic acids is 1. The molecule has 4 heteroatoms. The second-order valence-corrected chi connectivity index (χ2v) is 4.98. The first-order valence-electron chi connectivity index (χ1n) is 6.50. The van der Waals surface area contributed by atoms with Gasteiger partial charge in [0.25, 0.3) is 0 Å². The van der Waals surface area contributed by atoms with Crippen LogP contribution in [0, 0.1) is 6.92 Å². The molecule has 0 radical (unpaired) electrons. The maximum absolute atomic E-state index is 10.9. The number of carboxylic acids is 1. The van der Waals surface area contributed by atoms with Gasteiger partial charge in [0.15, 0.2) is 0 Å². The van der Waals surface area contributed by atoms with Gasteiger partial charge in [-0.2, -0.15) is 0 Å². The van der Waals surface area contributed by atoms with E-state index in [-0.39, 0.29) is 0 Å². The number of nitrogens with two attached hydrogens (primary N) is 1. The van der Waals surface area contributed by atoms with Crippen molar-refractivity contribution in [2.75, 3.05) is 0 Å². The summed E-state index contributed by atoms with van der Waals surface area (Å²) in [5, 5.41) is 10.1. The van der Waals surface area contributed by atoms with Crippen LogP contribution in [0.4, 0.5) is 0 Å². The third kappa shape index (κ3) is 2.36. The molecule has 1 aromatic carbocycles. The Hall–Kier alpha value is -1.81. The number of carbonyl (C=O) groups is 1. The van der Waals surface area contributed by atoms with Gasteiger partial charge in [0.2, 0.25) is 0 Å². The molecule has 0 bridgehead atoms. The predicted molar refractivity (Wildman–Crippen MR) is 76.3 cm³/mol. The fourth-order valence-corrected chi connectivity index (χ4v) is 2.48. The third-order valence-electron chi connectivity index (χ3n) is 3.84. The molecular weight excluding hydrogens is 240 g/mol. The molecule has 0 spiro atoms. The number of fused-ring (bicyclic) bond motifs is 1. The highest BCUT2D eigenvalue weighted by Crippen LogP contribution is 2.27. The molecule has 0 amide bonds. The van der Waals surface area contributed by atoms with Crippen molar-refractivity contribution in [1.82, 2.24) is 4.57 Å². The number of nitrogens with zero attached hydrogens (tertiary/aromatic N) is 1. The van der Waals surface area contributed by atoms with Crippen molar-refractivity contribution in [3.05, 3.63) is 35.0 Å². The second kappa shape index (κ2) is 5.05. The van der Waals surface area contributed by atoms with Crippen molar-refractivity contribution in [3.63, 3.8) is 0 Å². The molecule has 0 aliphatic rings. The fraction of sp³-hybridized carbons (Fsp3) is 0.400. The van der Waals surface area contributed by atoms with Gasteiger partial charge in [-0.25, -0.2) is 0 Å². The van der Waals surface area contributed by atoms with E-state index in [4.69, 9.17) is 10.8 Å². The Kier molecular flexibility index (Phi) is 3.62. The molecule has 1 unspecified atom stereocenters. The zero-order valence-corrected chi connectivity index (χ0v) is 11.6. The lowest BCUT2D eigenvalue weighted by molar-refractivity contribution is -0.138. The van der Waals surface area contributed by atoms with Crippen molar-refractivity contribution in [2.45, 2.75) is 32.7 Å². The van der Waals surface area contributed by atoms with Crippen LogP contribution < -0.4 is 5.73 Å².